The lowest BCUT2D eigenvalue weighted by molar-refractivity contribution is -0.143. The number of rotatable bonds is 3. The molecule has 0 amide bonds. The molecule has 80 valence electrons. The summed E-state index contributed by atoms with van der Waals surface area (Å²) in [5.74, 6) is 1.55. The highest BCUT2D eigenvalue weighted by molar-refractivity contribution is 5.69. The lowest BCUT2D eigenvalue weighted by Gasteiger charge is -2.25. The minimum Gasteiger partial charge on any atom is -0.469 e. The van der Waals surface area contributed by atoms with Crippen molar-refractivity contribution in [3.63, 3.8) is 0 Å². The van der Waals surface area contributed by atoms with E-state index >= 15 is 0 Å². The van der Waals surface area contributed by atoms with Gasteiger partial charge in [-0.05, 0) is 37.0 Å². The van der Waals surface area contributed by atoms with Gasteiger partial charge >= 0.3 is 5.97 Å². The first-order chi connectivity index (χ1) is 6.70. The maximum absolute atomic E-state index is 11.0. The molecule has 3 unspecified atom stereocenters. The molecule has 14 heavy (non-hydrogen) atoms. The largest absolute Gasteiger partial charge is 0.469 e. The third-order valence-electron chi connectivity index (χ3n) is 3.89. The van der Waals surface area contributed by atoms with Crippen LogP contribution in [0.2, 0.25) is 0 Å². The zero-order valence-electron chi connectivity index (χ0n) is 8.61. The highest BCUT2D eigenvalue weighted by atomic mass is 16.5. The zero-order chi connectivity index (χ0) is 10.1. The van der Waals surface area contributed by atoms with Gasteiger partial charge in [0.2, 0.25) is 0 Å². The molecule has 2 fully saturated rings. The van der Waals surface area contributed by atoms with Crippen LogP contribution >= 0.6 is 0 Å². The normalized spacial score (nSPS) is 37.1. The highest BCUT2D eigenvalue weighted by Crippen LogP contribution is 2.49. The predicted octanol–water partition coefficient (Wildman–Crippen LogP) is 1.35. The summed E-state index contributed by atoms with van der Waals surface area (Å²) in [6.07, 6.45) is 4.65. The van der Waals surface area contributed by atoms with Gasteiger partial charge in [0, 0.05) is 0 Å². The summed E-state index contributed by atoms with van der Waals surface area (Å²) in [7, 11) is 1.37. The maximum atomic E-state index is 11.0. The molecule has 3 nitrogen and oxygen atoms in total. The quantitative estimate of drug-likeness (QED) is 0.696. The molecule has 3 heteroatoms. The van der Waals surface area contributed by atoms with E-state index in [-0.39, 0.29) is 12.4 Å². The number of aliphatic hydroxyl groups excluding tert-OH is 1. The number of aliphatic hydroxyl groups is 1. The molecule has 0 saturated heterocycles. The molecule has 0 aromatic heterocycles. The summed E-state index contributed by atoms with van der Waals surface area (Å²) in [6, 6.07) is 0. The number of fused-ring (bicyclic) bond motifs is 2. The van der Waals surface area contributed by atoms with Crippen LogP contribution in [-0.4, -0.2) is 24.3 Å². The van der Waals surface area contributed by atoms with Crippen molar-refractivity contribution in [2.24, 2.45) is 17.8 Å². The van der Waals surface area contributed by atoms with E-state index in [1.165, 1.54) is 26.4 Å². The van der Waals surface area contributed by atoms with Crippen LogP contribution in [-0.2, 0) is 9.53 Å². The van der Waals surface area contributed by atoms with Crippen molar-refractivity contribution in [3.8, 4) is 0 Å². The predicted molar refractivity (Wildman–Crippen MR) is 51.6 cm³/mol. The fourth-order valence-electron chi connectivity index (χ4n) is 3.17. The topological polar surface area (TPSA) is 46.5 Å². The van der Waals surface area contributed by atoms with E-state index in [1.807, 2.05) is 0 Å². The van der Waals surface area contributed by atoms with Gasteiger partial charge in [0.1, 0.15) is 0 Å². The second kappa shape index (κ2) is 3.89. The van der Waals surface area contributed by atoms with Crippen molar-refractivity contribution in [1.82, 2.24) is 0 Å². The molecule has 2 bridgehead atoms. The molecule has 2 aliphatic rings. The van der Waals surface area contributed by atoms with E-state index in [1.54, 1.807) is 0 Å². The smallest absolute Gasteiger partial charge is 0.308 e. The monoisotopic (exact) mass is 198 g/mol. The van der Waals surface area contributed by atoms with E-state index in [9.17, 15) is 9.90 Å². The number of methoxy groups -OCH3 is 1. The molecule has 2 rings (SSSR count). The number of ether oxygens (including phenoxy) is 1. The molecule has 0 heterocycles. The van der Waals surface area contributed by atoms with Crippen LogP contribution in [0.5, 0.6) is 0 Å². The second-order valence-corrected chi connectivity index (χ2v) is 4.69. The van der Waals surface area contributed by atoms with Gasteiger partial charge in [-0.1, -0.05) is 6.42 Å². The van der Waals surface area contributed by atoms with Crippen LogP contribution in [0, 0.1) is 17.8 Å². The lowest BCUT2D eigenvalue weighted by Crippen LogP contribution is -2.28. The molecule has 2 saturated carbocycles. The summed E-state index contributed by atoms with van der Waals surface area (Å²) < 4.78 is 4.56. The second-order valence-electron chi connectivity index (χ2n) is 4.69. The van der Waals surface area contributed by atoms with Crippen LogP contribution in [0.4, 0.5) is 0 Å². The van der Waals surface area contributed by atoms with Gasteiger partial charge in [0.15, 0.2) is 0 Å². The Hall–Kier alpha value is -0.570. The SMILES string of the molecule is COC(=O)C[C@@H](O)C1CC2CCC1C2. The van der Waals surface area contributed by atoms with Crippen LogP contribution in [0.3, 0.4) is 0 Å². The molecular formula is C11H18O3. The van der Waals surface area contributed by atoms with E-state index in [0.29, 0.717) is 11.8 Å². The summed E-state index contributed by atoms with van der Waals surface area (Å²) in [6.45, 7) is 0. The van der Waals surface area contributed by atoms with Gasteiger partial charge in [0.25, 0.3) is 0 Å². The van der Waals surface area contributed by atoms with Crippen molar-refractivity contribution in [3.05, 3.63) is 0 Å². The molecule has 0 aliphatic heterocycles. The summed E-state index contributed by atoms with van der Waals surface area (Å²) in [4.78, 5) is 11.0. The first kappa shape index (κ1) is 9.97. The van der Waals surface area contributed by atoms with Crippen LogP contribution in [0.25, 0.3) is 0 Å². The molecule has 1 N–H and O–H groups in total. The molecule has 4 atom stereocenters. The Bertz CT molecular complexity index is 227. The number of esters is 1. The summed E-state index contributed by atoms with van der Waals surface area (Å²) >= 11 is 0. The Morgan fingerprint density at radius 2 is 2.29 bits per heavy atom. The number of hydrogen-bond donors (Lipinski definition) is 1. The fourth-order valence-corrected chi connectivity index (χ4v) is 3.17. The van der Waals surface area contributed by atoms with E-state index in [4.69, 9.17) is 0 Å². The average Bonchev–Trinajstić information content (AvgIpc) is 2.78. The third-order valence-corrected chi connectivity index (χ3v) is 3.89. The minimum absolute atomic E-state index is 0.171. The van der Waals surface area contributed by atoms with E-state index < -0.39 is 6.10 Å². The number of carbonyl (C=O) groups excluding carboxylic acids is 1. The van der Waals surface area contributed by atoms with Crippen molar-refractivity contribution in [2.75, 3.05) is 7.11 Å². The van der Waals surface area contributed by atoms with Crippen molar-refractivity contribution < 1.29 is 14.6 Å². The molecular weight excluding hydrogens is 180 g/mol. The molecule has 0 radical (unpaired) electrons. The lowest BCUT2D eigenvalue weighted by atomic mass is 9.83. The third kappa shape index (κ3) is 1.78. The standard InChI is InChI=1S/C11H18O3/c1-14-11(13)6-10(12)9-5-7-2-3-8(9)4-7/h7-10,12H,2-6H2,1H3/t7?,8?,9?,10-/m1/s1. The average molecular weight is 198 g/mol. The summed E-state index contributed by atoms with van der Waals surface area (Å²) in [5, 5.41) is 9.87. The van der Waals surface area contributed by atoms with Crippen molar-refractivity contribution in [1.29, 1.82) is 0 Å². The minimum atomic E-state index is -0.474. The Morgan fingerprint density at radius 1 is 1.50 bits per heavy atom. The summed E-state index contributed by atoms with van der Waals surface area (Å²) in [5.41, 5.74) is 0. The Morgan fingerprint density at radius 3 is 2.79 bits per heavy atom. The van der Waals surface area contributed by atoms with Crippen LogP contribution in [0.15, 0.2) is 0 Å². The first-order valence-electron chi connectivity index (χ1n) is 5.45. The maximum Gasteiger partial charge on any atom is 0.308 e. The van der Waals surface area contributed by atoms with Crippen molar-refractivity contribution >= 4 is 5.97 Å². The molecule has 2 aliphatic carbocycles. The van der Waals surface area contributed by atoms with E-state index in [0.717, 1.165) is 12.3 Å². The zero-order valence-corrected chi connectivity index (χ0v) is 8.61. The first-order valence-corrected chi connectivity index (χ1v) is 5.45. The molecule has 0 aromatic rings. The van der Waals surface area contributed by atoms with Gasteiger partial charge in [-0.25, -0.2) is 0 Å². The van der Waals surface area contributed by atoms with E-state index in [2.05, 4.69) is 4.74 Å². The van der Waals surface area contributed by atoms with Gasteiger partial charge < -0.3 is 9.84 Å². The molecule has 0 spiro atoms. The Labute approximate surface area is 84.4 Å². The number of hydrogen-bond acceptors (Lipinski definition) is 3. The van der Waals surface area contributed by atoms with Gasteiger partial charge in [-0.2, -0.15) is 0 Å². The van der Waals surface area contributed by atoms with Gasteiger partial charge in [-0.3, -0.25) is 4.79 Å². The fraction of sp³-hybridized carbons (Fsp3) is 0.909. The Balaban J connectivity index is 1.86. The van der Waals surface area contributed by atoms with Crippen LogP contribution in [0.1, 0.15) is 32.1 Å². The van der Waals surface area contributed by atoms with Gasteiger partial charge in [-0.15, -0.1) is 0 Å². The Kier molecular flexibility index (Phi) is 2.77. The molecule has 0 aromatic carbocycles. The highest BCUT2D eigenvalue weighted by Gasteiger charge is 2.43. The number of carbonyl (C=O) groups is 1. The van der Waals surface area contributed by atoms with Gasteiger partial charge in [0.05, 0.1) is 19.6 Å². The van der Waals surface area contributed by atoms with Crippen molar-refractivity contribution in [2.45, 2.75) is 38.2 Å². The van der Waals surface area contributed by atoms with Crippen LogP contribution < -0.4 is 0 Å².